The van der Waals surface area contributed by atoms with Crippen LogP contribution in [-0.2, 0) is 10.8 Å². The van der Waals surface area contributed by atoms with E-state index in [-0.39, 0.29) is 16.7 Å². The topological polar surface area (TPSA) is 13.1 Å². The number of fused-ring (bicyclic) bond motifs is 13. The monoisotopic (exact) mass is 1210 g/mol. The van der Waals surface area contributed by atoms with E-state index in [4.69, 9.17) is 0 Å². The first-order valence-corrected chi connectivity index (χ1v) is 36.7. The van der Waals surface area contributed by atoms with E-state index in [1.807, 2.05) is 0 Å². The summed E-state index contributed by atoms with van der Waals surface area (Å²) in [7, 11) is -6.45. The average Bonchev–Trinajstić information content (AvgIpc) is 0.843. The standard InChI is InChI=1S/C87H69N3Si2/c1-86(2,3)58-45-48-69-71(53-58)72-54-59(87(4,5)6)46-49-70(72)84(69)57-44-50-77-73(52-57)68-36-18-21-39-76(68)89(77)61-47-51-81-79(56-61)90-78-40-22-23-41-80(78)92(64-31-14-9-15-32-64,65-33-24-26-60(55-65)88-74-37-19-16-34-66(74)67-35-17-20-38-75(67)88)83-43-25-42-82(85(83)90)91(81,62-27-10-7-11-28-62)63-29-12-8-13-30-63/h7-56,84H,1-6H3. The third-order valence-corrected chi connectivity index (χ3v) is 30.7. The normalized spacial score (nSPS) is 15.6. The number of rotatable bonds is 7. The molecule has 0 N–H and O–H groups in total. The highest BCUT2D eigenvalue weighted by atomic mass is 28.3. The Balaban J connectivity index is 0.894. The lowest BCUT2D eigenvalue weighted by Gasteiger charge is -2.52. The largest absolute Gasteiger partial charge is 0.311 e. The molecule has 1 atom stereocenters. The van der Waals surface area contributed by atoms with Gasteiger partial charge in [-0.3, -0.25) is 0 Å². The summed E-state index contributed by atoms with van der Waals surface area (Å²) >= 11 is 0. The van der Waals surface area contributed by atoms with E-state index in [0.29, 0.717) is 0 Å². The number of nitrogens with zero attached hydrogens (tertiary/aromatic N) is 3. The van der Waals surface area contributed by atoms with Gasteiger partial charge in [0.2, 0.25) is 0 Å². The van der Waals surface area contributed by atoms with Crippen molar-refractivity contribution in [3.63, 3.8) is 0 Å². The molecule has 0 saturated carbocycles. The molecule has 3 aliphatic rings. The van der Waals surface area contributed by atoms with Gasteiger partial charge in [0.1, 0.15) is 0 Å². The molecule has 440 valence electrons. The minimum absolute atomic E-state index is 0.0271. The zero-order chi connectivity index (χ0) is 61.8. The van der Waals surface area contributed by atoms with E-state index in [2.05, 4.69) is 359 Å². The number of hydrogen-bond acceptors (Lipinski definition) is 1. The first-order valence-electron chi connectivity index (χ1n) is 32.7. The van der Waals surface area contributed by atoms with Gasteiger partial charge in [0.05, 0.1) is 22.1 Å². The van der Waals surface area contributed by atoms with Crippen molar-refractivity contribution in [2.45, 2.75) is 58.3 Å². The Labute approximate surface area is 540 Å². The number of hydrogen-bond donors (Lipinski definition) is 0. The molecule has 18 rings (SSSR count). The molecule has 0 fully saturated rings. The summed E-state index contributed by atoms with van der Waals surface area (Å²) in [5.41, 5.74) is 20.5. The molecule has 0 saturated heterocycles. The highest BCUT2D eigenvalue weighted by Crippen LogP contribution is 2.52. The summed E-state index contributed by atoms with van der Waals surface area (Å²) in [4.78, 5) is 2.72. The van der Waals surface area contributed by atoms with E-state index in [1.54, 1.807) is 0 Å². The number of aromatic nitrogens is 2. The van der Waals surface area contributed by atoms with Gasteiger partial charge in [-0.05, 0) is 152 Å². The Bertz CT molecular complexity index is 5350. The maximum atomic E-state index is 2.72. The van der Waals surface area contributed by atoms with Gasteiger partial charge in [0.15, 0.2) is 16.1 Å². The van der Waals surface area contributed by atoms with Crippen LogP contribution in [-0.4, -0.2) is 25.3 Å². The molecule has 15 aromatic rings. The second kappa shape index (κ2) is 20.1. The number of anilines is 3. The second-order valence-corrected chi connectivity index (χ2v) is 35.4. The van der Waals surface area contributed by atoms with Crippen LogP contribution in [0, 0.1) is 0 Å². The average molecular weight is 1210 g/mol. The summed E-state index contributed by atoms with van der Waals surface area (Å²) in [6.07, 6.45) is 0. The van der Waals surface area contributed by atoms with E-state index in [1.165, 1.54) is 147 Å². The Morgan fingerprint density at radius 2 is 0.717 bits per heavy atom. The minimum atomic E-state index is -3.26. The first kappa shape index (κ1) is 54.6. The summed E-state index contributed by atoms with van der Waals surface area (Å²) in [6, 6.07) is 118. The molecule has 92 heavy (non-hydrogen) atoms. The number of para-hydroxylation sites is 5. The number of benzene rings is 13. The lowest BCUT2D eigenvalue weighted by molar-refractivity contribution is 0.589. The molecule has 13 aromatic carbocycles. The molecular weight excluding hydrogens is 1140 g/mol. The molecule has 5 heteroatoms. The molecule has 4 heterocycles. The highest BCUT2D eigenvalue weighted by Gasteiger charge is 2.56. The van der Waals surface area contributed by atoms with E-state index < -0.39 is 16.1 Å². The Morgan fingerprint density at radius 1 is 0.293 bits per heavy atom. The minimum Gasteiger partial charge on any atom is -0.311 e. The predicted octanol–water partition coefficient (Wildman–Crippen LogP) is 16.5. The fourth-order valence-electron chi connectivity index (χ4n) is 16.9. The van der Waals surface area contributed by atoms with Crippen molar-refractivity contribution in [1.82, 2.24) is 9.13 Å². The summed E-state index contributed by atoms with van der Waals surface area (Å²) < 4.78 is 5.06. The van der Waals surface area contributed by atoms with Crippen LogP contribution in [0.15, 0.2) is 303 Å². The van der Waals surface area contributed by atoms with Crippen LogP contribution in [0.3, 0.4) is 0 Å². The predicted molar refractivity (Wildman–Crippen MR) is 394 cm³/mol. The third kappa shape index (κ3) is 7.67. The lowest BCUT2D eigenvalue weighted by Crippen LogP contribution is -2.82. The van der Waals surface area contributed by atoms with Gasteiger partial charge in [-0.15, -0.1) is 0 Å². The maximum Gasteiger partial charge on any atom is 0.184 e. The zero-order valence-corrected chi connectivity index (χ0v) is 54.8. The molecule has 2 aliphatic heterocycles. The van der Waals surface area contributed by atoms with Crippen LogP contribution in [0.2, 0.25) is 0 Å². The smallest absolute Gasteiger partial charge is 0.184 e. The van der Waals surface area contributed by atoms with Crippen LogP contribution in [0.5, 0.6) is 0 Å². The molecule has 1 aliphatic carbocycles. The van der Waals surface area contributed by atoms with Crippen LogP contribution in [0.1, 0.15) is 75.3 Å². The fourth-order valence-corrected chi connectivity index (χ4v) is 27.3. The van der Waals surface area contributed by atoms with Crippen LogP contribution in [0.25, 0.3) is 66.1 Å². The van der Waals surface area contributed by atoms with Crippen molar-refractivity contribution in [2.24, 2.45) is 0 Å². The molecule has 0 spiro atoms. The van der Waals surface area contributed by atoms with Crippen LogP contribution in [0.4, 0.5) is 17.1 Å². The van der Waals surface area contributed by atoms with Gasteiger partial charge < -0.3 is 14.0 Å². The summed E-state index contributed by atoms with van der Waals surface area (Å²) in [5, 5.41) is 16.1. The Kier molecular flexibility index (Phi) is 11.9. The van der Waals surface area contributed by atoms with Crippen LogP contribution >= 0.6 is 0 Å². The van der Waals surface area contributed by atoms with E-state index >= 15 is 0 Å². The second-order valence-electron chi connectivity index (χ2n) is 27.9. The summed E-state index contributed by atoms with van der Waals surface area (Å²) in [6.45, 7) is 14.0. The molecule has 0 bridgehead atoms. The van der Waals surface area contributed by atoms with E-state index in [0.717, 1.165) is 5.69 Å². The van der Waals surface area contributed by atoms with Gasteiger partial charge >= 0.3 is 0 Å². The molecule has 2 aromatic heterocycles. The molecular formula is C87H69N3Si2. The third-order valence-electron chi connectivity index (χ3n) is 21.0. The van der Waals surface area contributed by atoms with Crippen molar-refractivity contribution >= 4 is 118 Å². The van der Waals surface area contributed by atoms with Gasteiger partial charge in [0.25, 0.3) is 0 Å². The highest BCUT2D eigenvalue weighted by molar-refractivity contribution is 7.24. The molecule has 0 radical (unpaired) electrons. The first-order chi connectivity index (χ1) is 44.9. The van der Waals surface area contributed by atoms with Gasteiger partial charge in [-0.2, -0.15) is 0 Å². The van der Waals surface area contributed by atoms with Crippen molar-refractivity contribution in [3.05, 3.63) is 331 Å². The van der Waals surface area contributed by atoms with Crippen molar-refractivity contribution < 1.29 is 0 Å². The zero-order valence-electron chi connectivity index (χ0n) is 52.8. The molecule has 0 amide bonds. The fraction of sp³-hybridized carbons (Fsp3) is 0.103. The van der Waals surface area contributed by atoms with Gasteiger partial charge in [-0.25, -0.2) is 0 Å². The molecule has 1 unspecified atom stereocenters. The van der Waals surface area contributed by atoms with Crippen molar-refractivity contribution in [3.8, 4) is 22.5 Å². The maximum absolute atomic E-state index is 3.26. The van der Waals surface area contributed by atoms with Gasteiger partial charge in [0, 0.05) is 55.9 Å². The summed E-state index contributed by atoms with van der Waals surface area (Å²) in [5.74, 6) is 0.100. The Hall–Kier alpha value is -10.3. The van der Waals surface area contributed by atoms with Gasteiger partial charge in [-0.1, -0.05) is 284 Å². The molecule has 3 nitrogen and oxygen atoms in total. The van der Waals surface area contributed by atoms with Crippen molar-refractivity contribution in [2.75, 3.05) is 4.90 Å². The quantitative estimate of drug-likeness (QED) is 0.145. The van der Waals surface area contributed by atoms with Crippen LogP contribution < -0.4 is 46.4 Å². The lowest BCUT2D eigenvalue weighted by atomic mass is 9.83. The SMILES string of the molecule is CC(C)(C)c1ccc2c(c1)-c1cc(C(C)(C)C)ccc1C2c1ccc2c(c1)c1ccccc1n2-c1ccc2c(c1)N1c3ccccc3[Si](c3ccccc3)(c3cccc(-n4c5ccccc5c5ccccc54)c3)c3cccc(c31)[Si]2(c1ccccc1)c1ccccc1. The van der Waals surface area contributed by atoms with E-state index in [9.17, 15) is 0 Å². The van der Waals surface area contributed by atoms with Crippen molar-refractivity contribution in [1.29, 1.82) is 0 Å². The Morgan fingerprint density at radius 3 is 1.26 bits per heavy atom.